The van der Waals surface area contributed by atoms with E-state index in [1.165, 1.54) is 6.07 Å². The number of piperidine rings is 1. The molecule has 28 heavy (non-hydrogen) atoms. The Morgan fingerprint density at radius 2 is 2.11 bits per heavy atom. The van der Waals surface area contributed by atoms with E-state index in [9.17, 15) is 23.2 Å². The van der Waals surface area contributed by atoms with E-state index in [-0.39, 0.29) is 17.4 Å². The SMILES string of the molecule is Cc1ccc(NC(=O)C2CCCN(c3ccc(C(F)(F)F)cc3C#N)C2)nc1. The van der Waals surface area contributed by atoms with Gasteiger partial charge in [0.1, 0.15) is 11.9 Å². The van der Waals surface area contributed by atoms with E-state index < -0.39 is 11.7 Å². The molecule has 5 nitrogen and oxygen atoms in total. The second-order valence-corrected chi connectivity index (χ2v) is 6.84. The highest BCUT2D eigenvalue weighted by molar-refractivity contribution is 5.92. The van der Waals surface area contributed by atoms with Crippen molar-refractivity contribution in [3.05, 3.63) is 53.2 Å². The van der Waals surface area contributed by atoms with Crippen LogP contribution in [0.1, 0.15) is 29.5 Å². The number of amides is 1. The van der Waals surface area contributed by atoms with Crippen LogP contribution < -0.4 is 10.2 Å². The number of anilines is 2. The summed E-state index contributed by atoms with van der Waals surface area (Å²) in [7, 11) is 0. The normalized spacial score (nSPS) is 17.1. The molecule has 1 saturated heterocycles. The van der Waals surface area contributed by atoms with Crippen molar-refractivity contribution >= 4 is 17.4 Å². The van der Waals surface area contributed by atoms with Crippen LogP contribution in [0.5, 0.6) is 0 Å². The first-order valence-electron chi connectivity index (χ1n) is 8.88. The van der Waals surface area contributed by atoms with E-state index >= 15 is 0 Å². The number of benzene rings is 1. The van der Waals surface area contributed by atoms with Crippen LogP contribution in [0.2, 0.25) is 0 Å². The van der Waals surface area contributed by atoms with Gasteiger partial charge >= 0.3 is 6.18 Å². The summed E-state index contributed by atoms with van der Waals surface area (Å²) in [4.78, 5) is 18.5. The molecule has 2 heterocycles. The van der Waals surface area contributed by atoms with Crippen molar-refractivity contribution in [2.45, 2.75) is 25.9 Å². The number of carbonyl (C=O) groups excluding carboxylic acids is 1. The van der Waals surface area contributed by atoms with Crippen molar-refractivity contribution in [2.75, 3.05) is 23.3 Å². The molecule has 1 fully saturated rings. The second-order valence-electron chi connectivity index (χ2n) is 6.84. The lowest BCUT2D eigenvalue weighted by molar-refractivity contribution is -0.137. The quantitative estimate of drug-likeness (QED) is 0.858. The van der Waals surface area contributed by atoms with E-state index in [1.54, 1.807) is 17.2 Å². The third kappa shape index (κ3) is 4.42. The zero-order valence-corrected chi connectivity index (χ0v) is 15.3. The largest absolute Gasteiger partial charge is 0.416 e. The number of nitriles is 1. The van der Waals surface area contributed by atoms with Gasteiger partial charge in [-0.2, -0.15) is 18.4 Å². The fourth-order valence-electron chi connectivity index (χ4n) is 3.26. The van der Waals surface area contributed by atoms with Crippen molar-refractivity contribution in [3.63, 3.8) is 0 Å². The van der Waals surface area contributed by atoms with Crippen LogP contribution >= 0.6 is 0 Å². The maximum atomic E-state index is 12.9. The first kappa shape index (κ1) is 19.7. The number of aromatic nitrogens is 1. The van der Waals surface area contributed by atoms with Crippen molar-refractivity contribution in [3.8, 4) is 6.07 Å². The molecule has 0 bridgehead atoms. The van der Waals surface area contributed by atoms with Crippen LogP contribution in [0, 0.1) is 24.2 Å². The third-order valence-corrected chi connectivity index (χ3v) is 4.74. The highest BCUT2D eigenvalue weighted by Crippen LogP contribution is 2.34. The minimum absolute atomic E-state index is 0.0453. The minimum Gasteiger partial charge on any atom is -0.370 e. The Morgan fingerprint density at radius 3 is 2.75 bits per heavy atom. The van der Waals surface area contributed by atoms with Gasteiger partial charge in [-0.05, 0) is 49.6 Å². The summed E-state index contributed by atoms with van der Waals surface area (Å²) < 4.78 is 38.7. The molecular weight excluding hydrogens is 369 g/mol. The number of pyridine rings is 1. The van der Waals surface area contributed by atoms with Gasteiger partial charge < -0.3 is 10.2 Å². The maximum Gasteiger partial charge on any atom is 0.416 e. The summed E-state index contributed by atoms with van der Waals surface area (Å²) in [6.45, 7) is 2.80. The molecule has 1 aliphatic rings. The van der Waals surface area contributed by atoms with Gasteiger partial charge in [-0.3, -0.25) is 4.79 Å². The molecule has 1 aliphatic heterocycles. The fourth-order valence-corrected chi connectivity index (χ4v) is 3.26. The third-order valence-electron chi connectivity index (χ3n) is 4.74. The Bertz CT molecular complexity index is 903. The molecule has 1 atom stereocenters. The zero-order valence-electron chi connectivity index (χ0n) is 15.3. The number of alkyl halides is 3. The molecule has 0 spiro atoms. The molecule has 1 aromatic carbocycles. The first-order valence-corrected chi connectivity index (χ1v) is 8.88. The Labute approximate surface area is 160 Å². The lowest BCUT2D eigenvalue weighted by Crippen LogP contribution is -2.41. The number of rotatable bonds is 3. The highest BCUT2D eigenvalue weighted by atomic mass is 19.4. The topological polar surface area (TPSA) is 69.0 Å². The molecule has 2 aromatic rings. The van der Waals surface area contributed by atoms with Crippen LogP contribution in [-0.4, -0.2) is 24.0 Å². The van der Waals surface area contributed by atoms with Crippen LogP contribution in [0.25, 0.3) is 0 Å². The number of hydrogen-bond acceptors (Lipinski definition) is 4. The monoisotopic (exact) mass is 388 g/mol. The van der Waals surface area contributed by atoms with E-state index in [0.29, 0.717) is 37.4 Å². The summed E-state index contributed by atoms with van der Waals surface area (Å²) in [6.07, 6.45) is -1.48. The number of aryl methyl sites for hydroxylation is 1. The average Bonchev–Trinajstić information content (AvgIpc) is 2.68. The smallest absolute Gasteiger partial charge is 0.370 e. The number of hydrogen-bond donors (Lipinski definition) is 1. The predicted octanol–water partition coefficient (Wildman–Crippen LogP) is 4.14. The first-order chi connectivity index (χ1) is 13.3. The van der Waals surface area contributed by atoms with Crippen LogP contribution in [0.3, 0.4) is 0 Å². The highest BCUT2D eigenvalue weighted by Gasteiger charge is 2.32. The summed E-state index contributed by atoms with van der Waals surface area (Å²) in [5.74, 6) is -0.0721. The molecule has 1 unspecified atom stereocenters. The molecule has 0 radical (unpaired) electrons. The van der Waals surface area contributed by atoms with Crippen LogP contribution in [0.4, 0.5) is 24.7 Å². The van der Waals surface area contributed by atoms with Gasteiger partial charge in [0.05, 0.1) is 22.7 Å². The fraction of sp³-hybridized carbons (Fsp3) is 0.350. The maximum absolute atomic E-state index is 12.9. The molecule has 1 N–H and O–H groups in total. The second kappa shape index (κ2) is 7.89. The van der Waals surface area contributed by atoms with Gasteiger partial charge in [-0.15, -0.1) is 0 Å². The minimum atomic E-state index is -4.50. The van der Waals surface area contributed by atoms with Crippen molar-refractivity contribution in [1.82, 2.24) is 4.98 Å². The lowest BCUT2D eigenvalue weighted by atomic mass is 9.95. The van der Waals surface area contributed by atoms with Gasteiger partial charge in [0.2, 0.25) is 5.91 Å². The van der Waals surface area contributed by atoms with E-state index in [0.717, 1.165) is 17.7 Å². The number of halogens is 3. The molecule has 8 heteroatoms. The molecule has 1 amide bonds. The zero-order chi connectivity index (χ0) is 20.3. The summed E-state index contributed by atoms with van der Waals surface area (Å²) in [5, 5.41) is 12.1. The average molecular weight is 388 g/mol. The molecule has 1 aromatic heterocycles. The van der Waals surface area contributed by atoms with Gasteiger partial charge in [0.25, 0.3) is 0 Å². The van der Waals surface area contributed by atoms with Gasteiger partial charge in [0, 0.05) is 19.3 Å². The van der Waals surface area contributed by atoms with Crippen molar-refractivity contribution in [1.29, 1.82) is 5.26 Å². The molecule has 0 saturated carbocycles. The Kier molecular flexibility index (Phi) is 5.54. The molecule has 146 valence electrons. The summed E-state index contributed by atoms with van der Waals surface area (Å²) in [5.41, 5.74) is 0.496. The van der Waals surface area contributed by atoms with Crippen molar-refractivity contribution < 1.29 is 18.0 Å². The Morgan fingerprint density at radius 1 is 1.32 bits per heavy atom. The number of carbonyl (C=O) groups is 1. The molecule has 0 aliphatic carbocycles. The molecule has 3 rings (SSSR count). The van der Waals surface area contributed by atoms with Gasteiger partial charge in [-0.1, -0.05) is 6.07 Å². The Balaban J connectivity index is 1.75. The van der Waals surface area contributed by atoms with E-state index in [4.69, 9.17) is 0 Å². The summed E-state index contributed by atoms with van der Waals surface area (Å²) >= 11 is 0. The predicted molar refractivity (Wildman–Crippen MR) is 98.7 cm³/mol. The van der Waals surface area contributed by atoms with E-state index in [1.807, 2.05) is 19.1 Å². The standard InChI is InChI=1S/C20H19F3N4O/c1-13-4-7-18(25-11-13)26-19(28)14-3-2-8-27(12-14)17-6-5-16(20(21,22)23)9-15(17)10-24/h4-7,9,11,14H,2-3,8,12H2,1H3,(H,25,26,28). The number of nitrogens with one attached hydrogen (secondary N) is 1. The van der Waals surface area contributed by atoms with Crippen molar-refractivity contribution in [2.24, 2.45) is 5.92 Å². The lowest BCUT2D eigenvalue weighted by Gasteiger charge is -2.34. The van der Waals surface area contributed by atoms with E-state index in [2.05, 4.69) is 10.3 Å². The number of nitrogens with zero attached hydrogens (tertiary/aromatic N) is 3. The molecular formula is C20H19F3N4O. The van der Waals surface area contributed by atoms with Gasteiger partial charge in [0.15, 0.2) is 0 Å². The Hall–Kier alpha value is -3.08. The summed E-state index contributed by atoms with van der Waals surface area (Å²) in [6, 6.07) is 8.54. The van der Waals surface area contributed by atoms with Crippen LogP contribution in [0.15, 0.2) is 36.5 Å². The van der Waals surface area contributed by atoms with Crippen LogP contribution in [-0.2, 0) is 11.0 Å². The van der Waals surface area contributed by atoms with Gasteiger partial charge in [-0.25, -0.2) is 4.98 Å².